The second-order valence-electron chi connectivity index (χ2n) is 6.95. The van der Waals surface area contributed by atoms with Gasteiger partial charge < -0.3 is 15.1 Å². The van der Waals surface area contributed by atoms with Crippen molar-refractivity contribution < 1.29 is 36.2 Å². The lowest BCUT2D eigenvalue weighted by Gasteiger charge is -2.20. The Labute approximate surface area is 190 Å². The fourth-order valence-corrected chi connectivity index (χ4v) is 4.50. The first-order valence-corrected chi connectivity index (χ1v) is 12.5. The number of rotatable bonds is 7. The van der Waals surface area contributed by atoms with E-state index in [1.54, 1.807) is 24.3 Å². The Hall–Kier alpha value is -3.26. The number of phenols is 2. The van der Waals surface area contributed by atoms with E-state index < -0.39 is 47.2 Å². The summed E-state index contributed by atoms with van der Waals surface area (Å²) < 4.78 is 65.5. The van der Waals surface area contributed by atoms with Crippen molar-refractivity contribution in [1.82, 2.24) is 0 Å². The van der Waals surface area contributed by atoms with E-state index in [1.165, 1.54) is 0 Å². The van der Waals surface area contributed by atoms with E-state index in [-0.39, 0.29) is 10.8 Å². The highest BCUT2D eigenvalue weighted by atomic mass is 32.2. The van der Waals surface area contributed by atoms with Gasteiger partial charge in [-0.3, -0.25) is 9.11 Å². The molecule has 0 aromatic heterocycles. The maximum atomic E-state index is 11.9. The molecule has 176 valence electrons. The number of aromatic hydroxyl groups is 2. The normalized spacial score (nSPS) is 12.5. The molecular formula is C20H21N3O8S2. The number of benzene rings is 3. The summed E-state index contributed by atoms with van der Waals surface area (Å²) in [6.45, 7) is 5.60. The van der Waals surface area contributed by atoms with Crippen LogP contribution in [0.15, 0.2) is 62.5 Å². The van der Waals surface area contributed by atoms with E-state index in [9.17, 15) is 36.2 Å². The van der Waals surface area contributed by atoms with Crippen LogP contribution in [0.25, 0.3) is 10.8 Å². The molecule has 0 aliphatic heterocycles. The zero-order valence-electron chi connectivity index (χ0n) is 17.5. The molecule has 0 heterocycles. The van der Waals surface area contributed by atoms with Crippen molar-refractivity contribution in [3.8, 4) is 11.5 Å². The van der Waals surface area contributed by atoms with Gasteiger partial charge in [-0.2, -0.15) is 21.9 Å². The predicted octanol–water partition coefficient (Wildman–Crippen LogP) is 4.01. The van der Waals surface area contributed by atoms with Crippen LogP contribution in [0.4, 0.5) is 17.1 Å². The van der Waals surface area contributed by atoms with Gasteiger partial charge in [-0.15, -0.1) is 5.11 Å². The molecular weight excluding hydrogens is 474 g/mol. The summed E-state index contributed by atoms with van der Waals surface area (Å²) in [5.41, 5.74) is 0.594. The van der Waals surface area contributed by atoms with Gasteiger partial charge >= 0.3 is 0 Å². The monoisotopic (exact) mass is 495 g/mol. The van der Waals surface area contributed by atoms with Gasteiger partial charge in [0.1, 0.15) is 16.3 Å². The summed E-state index contributed by atoms with van der Waals surface area (Å²) in [6, 6.07) is 9.12. The van der Waals surface area contributed by atoms with Gasteiger partial charge in [-0.05, 0) is 55.6 Å². The van der Waals surface area contributed by atoms with Gasteiger partial charge in [-0.1, -0.05) is 0 Å². The average Bonchev–Trinajstić information content (AvgIpc) is 2.73. The van der Waals surface area contributed by atoms with Crippen LogP contribution in [0.5, 0.6) is 11.5 Å². The molecule has 13 heteroatoms. The second kappa shape index (κ2) is 8.94. The van der Waals surface area contributed by atoms with E-state index in [0.717, 1.165) is 30.9 Å². The number of hydrogen-bond donors (Lipinski definition) is 4. The lowest BCUT2D eigenvalue weighted by atomic mass is 10.1. The molecule has 4 N–H and O–H groups in total. The molecule has 0 saturated heterocycles. The fraction of sp³-hybridized carbons (Fsp3) is 0.200. The number of anilines is 1. The van der Waals surface area contributed by atoms with Crippen LogP contribution in [0, 0.1) is 0 Å². The molecule has 3 rings (SSSR count). The molecule has 0 aliphatic rings. The molecule has 0 aliphatic carbocycles. The summed E-state index contributed by atoms with van der Waals surface area (Å²) in [4.78, 5) is 0.481. The van der Waals surface area contributed by atoms with Crippen LogP contribution < -0.4 is 4.90 Å². The Bertz CT molecular complexity index is 1450. The van der Waals surface area contributed by atoms with Crippen LogP contribution in [0.2, 0.25) is 0 Å². The zero-order valence-corrected chi connectivity index (χ0v) is 19.2. The topological polar surface area (TPSA) is 177 Å². The van der Waals surface area contributed by atoms with Crippen molar-refractivity contribution >= 4 is 48.1 Å². The van der Waals surface area contributed by atoms with Crippen molar-refractivity contribution in [2.24, 2.45) is 10.2 Å². The Balaban J connectivity index is 2.17. The minimum Gasteiger partial charge on any atom is -0.507 e. The SMILES string of the molecule is CCN(CC)c1ccc(N=Nc2c(S(=O)(=O)O)cc3cc(S(=O)(=O)O)cc(O)c3c2O)cc1. The Kier molecular flexibility index (Phi) is 6.61. The molecule has 0 bridgehead atoms. The molecule has 3 aromatic carbocycles. The highest BCUT2D eigenvalue weighted by molar-refractivity contribution is 7.86. The van der Waals surface area contributed by atoms with Crippen LogP contribution >= 0.6 is 0 Å². The summed E-state index contributed by atoms with van der Waals surface area (Å²) in [6.07, 6.45) is 0. The van der Waals surface area contributed by atoms with Crippen LogP contribution in [-0.2, 0) is 20.2 Å². The average molecular weight is 496 g/mol. The lowest BCUT2D eigenvalue weighted by molar-refractivity contribution is 0.457. The number of azo groups is 1. The smallest absolute Gasteiger partial charge is 0.296 e. The van der Waals surface area contributed by atoms with E-state index in [0.29, 0.717) is 11.8 Å². The van der Waals surface area contributed by atoms with Gasteiger partial charge in [0.15, 0.2) is 5.75 Å². The third-order valence-corrected chi connectivity index (χ3v) is 6.62. The van der Waals surface area contributed by atoms with Gasteiger partial charge in [-0.25, -0.2) is 0 Å². The third kappa shape index (κ3) is 5.06. The first kappa shape index (κ1) is 24.4. The van der Waals surface area contributed by atoms with Crippen molar-refractivity contribution in [2.75, 3.05) is 18.0 Å². The molecule has 0 spiro atoms. The van der Waals surface area contributed by atoms with Crippen molar-refractivity contribution in [2.45, 2.75) is 23.6 Å². The second-order valence-corrected chi connectivity index (χ2v) is 9.76. The minimum absolute atomic E-state index is 0.282. The zero-order chi connectivity index (χ0) is 24.6. The van der Waals surface area contributed by atoms with Crippen molar-refractivity contribution in [3.05, 3.63) is 42.5 Å². The maximum absolute atomic E-state index is 11.9. The molecule has 11 nitrogen and oxygen atoms in total. The molecule has 0 unspecified atom stereocenters. The molecule has 33 heavy (non-hydrogen) atoms. The standard InChI is InChI=1S/C20H21N3O8S2/c1-3-23(4-2)14-7-5-13(6-8-14)21-22-19-17(33(29,30)31)10-12-9-15(32(26,27)28)11-16(24)18(12)20(19)25/h5-11,24-25H,3-4H2,1-2H3,(H,26,27,28)(H,29,30,31). The lowest BCUT2D eigenvalue weighted by Crippen LogP contribution is -2.21. The Morgan fingerprint density at radius 1 is 0.848 bits per heavy atom. The van der Waals surface area contributed by atoms with Crippen LogP contribution in [0.3, 0.4) is 0 Å². The third-order valence-electron chi connectivity index (χ3n) is 4.92. The van der Waals surface area contributed by atoms with E-state index in [4.69, 9.17) is 0 Å². The molecule has 3 aromatic rings. The number of phenolic OH excluding ortho intramolecular Hbond substituents is 2. The van der Waals surface area contributed by atoms with E-state index in [2.05, 4.69) is 15.1 Å². The molecule has 0 atom stereocenters. The van der Waals surface area contributed by atoms with Crippen LogP contribution in [0.1, 0.15) is 13.8 Å². The largest absolute Gasteiger partial charge is 0.507 e. The van der Waals surface area contributed by atoms with E-state index >= 15 is 0 Å². The highest BCUT2D eigenvalue weighted by Crippen LogP contribution is 2.45. The van der Waals surface area contributed by atoms with E-state index in [1.807, 2.05) is 13.8 Å². The first-order chi connectivity index (χ1) is 15.4. The highest BCUT2D eigenvalue weighted by Gasteiger charge is 2.25. The quantitative estimate of drug-likeness (QED) is 0.278. The number of nitrogens with zero attached hydrogens (tertiary/aromatic N) is 3. The van der Waals surface area contributed by atoms with Gasteiger partial charge in [0.25, 0.3) is 20.2 Å². The molecule has 0 amide bonds. The first-order valence-electron chi connectivity index (χ1n) is 9.61. The number of fused-ring (bicyclic) bond motifs is 1. The van der Waals surface area contributed by atoms with Gasteiger partial charge in [0, 0.05) is 24.8 Å². The molecule has 0 fully saturated rings. The summed E-state index contributed by atoms with van der Waals surface area (Å²) in [5.74, 6) is -1.62. The van der Waals surface area contributed by atoms with Crippen LogP contribution in [-0.4, -0.2) is 49.2 Å². The van der Waals surface area contributed by atoms with Crippen molar-refractivity contribution in [1.29, 1.82) is 0 Å². The predicted molar refractivity (Wildman–Crippen MR) is 121 cm³/mol. The Morgan fingerprint density at radius 2 is 1.45 bits per heavy atom. The maximum Gasteiger partial charge on any atom is 0.296 e. The Morgan fingerprint density at radius 3 is 1.97 bits per heavy atom. The summed E-state index contributed by atoms with van der Waals surface area (Å²) in [5, 5.41) is 27.9. The number of hydrogen-bond acceptors (Lipinski definition) is 9. The minimum atomic E-state index is -4.95. The van der Waals surface area contributed by atoms with Gasteiger partial charge in [0.05, 0.1) is 16.0 Å². The van der Waals surface area contributed by atoms with Gasteiger partial charge in [0.2, 0.25) is 0 Å². The van der Waals surface area contributed by atoms with Crippen molar-refractivity contribution in [3.63, 3.8) is 0 Å². The molecule has 0 radical (unpaired) electrons. The molecule has 0 saturated carbocycles. The summed E-state index contributed by atoms with van der Waals surface area (Å²) in [7, 11) is -9.70. The summed E-state index contributed by atoms with van der Waals surface area (Å²) >= 11 is 0. The fourth-order valence-electron chi connectivity index (χ4n) is 3.31.